The fraction of sp³-hybridized carbons (Fsp3) is 0.529. The van der Waals surface area contributed by atoms with Gasteiger partial charge in [-0.3, -0.25) is 14.4 Å². The summed E-state index contributed by atoms with van der Waals surface area (Å²) >= 11 is 0. The first-order chi connectivity index (χ1) is 11.2. The Morgan fingerprint density at radius 3 is 2.61 bits per heavy atom. The minimum absolute atomic E-state index is 0.267. The molecule has 0 unspecified atom stereocenters. The van der Waals surface area contributed by atoms with Crippen molar-refractivity contribution >= 4 is 11.8 Å². The van der Waals surface area contributed by atoms with Gasteiger partial charge < -0.3 is 10.1 Å². The average molecular weight is 318 g/mol. The predicted molar refractivity (Wildman–Crippen MR) is 83.9 cm³/mol. The van der Waals surface area contributed by atoms with Crippen LogP contribution in [0.5, 0.6) is 0 Å². The Bertz CT molecular complexity index is 549. The Morgan fingerprint density at radius 1 is 1.30 bits per heavy atom. The number of hydrogen-bond donors (Lipinski definition) is 1. The Labute approximate surface area is 135 Å². The molecule has 0 radical (unpaired) electrons. The summed E-state index contributed by atoms with van der Waals surface area (Å²) in [4.78, 5) is 29.6. The zero-order valence-corrected chi connectivity index (χ0v) is 13.3. The van der Waals surface area contributed by atoms with Gasteiger partial charge in [-0.25, -0.2) is 0 Å². The van der Waals surface area contributed by atoms with Gasteiger partial charge in [-0.15, -0.1) is 5.06 Å². The molecule has 1 aromatic rings. The highest BCUT2D eigenvalue weighted by molar-refractivity contribution is 6.20. The van der Waals surface area contributed by atoms with Gasteiger partial charge in [-0.2, -0.15) is 0 Å². The minimum Gasteiger partial charge on any atom is -0.381 e. The van der Waals surface area contributed by atoms with Gasteiger partial charge in [0.25, 0.3) is 11.8 Å². The Kier molecular flexibility index (Phi) is 5.05. The summed E-state index contributed by atoms with van der Waals surface area (Å²) in [5, 5.41) is 4.23. The van der Waals surface area contributed by atoms with Crippen LogP contribution in [0.15, 0.2) is 24.3 Å². The molecule has 0 spiro atoms. The third kappa shape index (κ3) is 3.44. The Hall–Kier alpha value is -1.76. The highest BCUT2D eigenvalue weighted by Gasteiger charge is 2.36. The van der Waals surface area contributed by atoms with Gasteiger partial charge in [0.15, 0.2) is 0 Å². The average Bonchev–Trinajstić information content (AvgIpc) is 2.84. The van der Waals surface area contributed by atoms with Gasteiger partial charge in [0.05, 0.1) is 24.3 Å². The lowest BCUT2D eigenvalue weighted by molar-refractivity contribution is -0.0905. The topological polar surface area (TPSA) is 67.9 Å². The van der Waals surface area contributed by atoms with Crippen molar-refractivity contribution in [3.8, 4) is 0 Å². The quantitative estimate of drug-likeness (QED) is 0.638. The number of imide groups is 1. The molecule has 2 aliphatic heterocycles. The highest BCUT2D eigenvalue weighted by Crippen LogP contribution is 2.22. The van der Waals surface area contributed by atoms with E-state index in [1.807, 2.05) is 0 Å². The molecule has 1 saturated heterocycles. The number of carbonyl (C=O) groups is 2. The summed E-state index contributed by atoms with van der Waals surface area (Å²) in [7, 11) is 0. The fourth-order valence-electron chi connectivity index (χ4n) is 3.03. The maximum Gasteiger partial charge on any atom is 0.285 e. The fourth-order valence-corrected chi connectivity index (χ4v) is 3.03. The molecule has 1 aromatic carbocycles. The Morgan fingerprint density at radius 2 is 2.00 bits per heavy atom. The number of hydroxylamine groups is 2. The molecule has 1 N–H and O–H groups in total. The van der Waals surface area contributed by atoms with E-state index in [-0.39, 0.29) is 18.4 Å². The van der Waals surface area contributed by atoms with Gasteiger partial charge in [-0.1, -0.05) is 12.1 Å². The normalized spacial score (nSPS) is 22.3. The summed E-state index contributed by atoms with van der Waals surface area (Å²) in [5.41, 5.74) is 0.802. The van der Waals surface area contributed by atoms with Crippen LogP contribution in [0.4, 0.5) is 0 Å². The number of hydrogen-bond acceptors (Lipinski definition) is 5. The monoisotopic (exact) mass is 318 g/mol. The number of amides is 2. The summed E-state index contributed by atoms with van der Waals surface area (Å²) in [5.74, 6) is -0.276. The maximum atomic E-state index is 12.1. The van der Waals surface area contributed by atoms with E-state index in [4.69, 9.17) is 9.57 Å². The highest BCUT2D eigenvalue weighted by atomic mass is 16.7. The molecule has 0 aromatic heterocycles. The van der Waals surface area contributed by atoms with Gasteiger partial charge in [0.2, 0.25) is 0 Å². The van der Waals surface area contributed by atoms with Crippen LogP contribution in [0.2, 0.25) is 0 Å². The van der Waals surface area contributed by atoms with E-state index < -0.39 is 0 Å². The summed E-state index contributed by atoms with van der Waals surface area (Å²) in [6.45, 7) is 4.61. The zero-order valence-electron chi connectivity index (χ0n) is 13.3. The van der Waals surface area contributed by atoms with E-state index in [2.05, 4.69) is 12.2 Å². The first kappa shape index (κ1) is 16.1. The van der Waals surface area contributed by atoms with Gasteiger partial charge in [0.1, 0.15) is 0 Å². The van der Waals surface area contributed by atoms with Gasteiger partial charge in [0, 0.05) is 19.2 Å². The van der Waals surface area contributed by atoms with Gasteiger partial charge >= 0.3 is 0 Å². The van der Waals surface area contributed by atoms with Crippen LogP contribution in [0.3, 0.4) is 0 Å². The van der Waals surface area contributed by atoms with Crippen LogP contribution in [0.1, 0.15) is 40.5 Å². The molecule has 6 heteroatoms. The number of ether oxygens (including phenoxy) is 1. The molecule has 2 atom stereocenters. The third-order valence-corrected chi connectivity index (χ3v) is 4.45. The molecule has 0 aliphatic carbocycles. The van der Waals surface area contributed by atoms with E-state index >= 15 is 0 Å². The van der Waals surface area contributed by atoms with Crippen LogP contribution < -0.4 is 5.32 Å². The number of nitrogens with zero attached hydrogens (tertiary/aromatic N) is 1. The first-order valence-corrected chi connectivity index (χ1v) is 8.10. The van der Waals surface area contributed by atoms with Crippen molar-refractivity contribution in [3.05, 3.63) is 35.4 Å². The smallest absolute Gasteiger partial charge is 0.285 e. The van der Waals surface area contributed by atoms with Crippen molar-refractivity contribution in [2.75, 3.05) is 26.4 Å². The van der Waals surface area contributed by atoms with E-state index in [9.17, 15) is 9.59 Å². The molecule has 2 aliphatic rings. The standard InChI is InChI=1S/C17H22N2O4/c1-12(13-5-4-9-22-11-13)18-8-10-23-19-16(20)14-6-2-3-7-15(14)17(19)21/h2-3,6-7,12-13,18H,4-5,8-11H2,1H3/t12-,13+/m0/s1. The second kappa shape index (κ2) is 7.21. The lowest BCUT2D eigenvalue weighted by Gasteiger charge is -2.28. The molecule has 2 amide bonds. The first-order valence-electron chi connectivity index (χ1n) is 8.10. The van der Waals surface area contributed by atoms with Crippen LogP contribution in [-0.4, -0.2) is 49.3 Å². The van der Waals surface area contributed by atoms with E-state index in [0.717, 1.165) is 31.1 Å². The van der Waals surface area contributed by atoms with Crippen molar-refractivity contribution in [2.24, 2.45) is 5.92 Å². The molecule has 0 bridgehead atoms. The Balaban J connectivity index is 1.45. The molecule has 3 rings (SSSR count). The number of rotatable bonds is 6. The van der Waals surface area contributed by atoms with Crippen LogP contribution in [0, 0.1) is 5.92 Å². The van der Waals surface area contributed by atoms with Crippen molar-refractivity contribution in [3.63, 3.8) is 0 Å². The number of carbonyl (C=O) groups excluding carboxylic acids is 2. The molecular weight excluding hydrogens is 296 g/mol. The van der Waals surface area contributed by atoms with E-state index in [0.29, 0.717) is 29.6 Å². The molecule has 124 valence electrons. The lowest BCUT2D eigenvalue weighted by Crippen LogP contribution is -2.40. The van der Waals surface area contributed by atoms with Crippen molar-refractivity contribution < 1.29 is 19.2 Å². The number of benzene rings is 1. The maximum absolute atomic E-state index is 12.1. The number of fused-ring (bicyclic) bond motifs is 1. The number of nitrogens with one attached hydrogen (secondary N) is 1. The van der Waals surface area contributed by atoms with Gasteiger partial charge in [-0.05, 0) is 37.8 Å². The lowest BCUT2D eigenvalue weighted by atomic mass is 9.95. The van der Waals surface area contributed by atoms with Crippen LogP contribution in [0.25, 0.3) is 0 Å². The molecule has 0 saturated carbocycles. The molecule has 2 heterocycles. The summed E-state index contributed by atoms with van der Waals surface area (Å²) < 4.78 is 5.49. The zero-order chi connectivity index (χ0) is 16.2. The minimum atomic E-state index is -0.390. The third-order valence-electron chi connectivity index (χ3n) is 4.45. The molecule has 1 fully saturated rings. The second-order valence-electron chi connectivity index (χ2n) is 6.00. The van der Waals surface area contributed by atoms with Crippen molar-refractivity contribution in [2.45, 2.75) is 25.8 Å². The predicted octanol–water partition coefficient (Wildman–Crippen LogP) is 1.62. The molecule has 23 heavy (non-hydrogen) atoms. The SMILES string of the molecule is C[C@H](NCCON1C(=O)c2ccccc2C1=O)[C@@H]1CCCOC1. The van der Waals surface area contributed by atoms with Crippen LogP contribution >= 0.6 is 0 Å². The summed E-state index contributed by atoms with van der Waals surface area (Å²) in [6, 6.07) is 7.08. The van der Waals surface area contributed by atoms with E-state index in [1.54, 1.807) is 24.3 Å². The van der Waals surface area contributed by atoms with E-state index in [1.165, 1.54) is 0 Å². The summed E-state index contributed by atoms with van der Waals surface area (Å²) in [6.07, 6.45) is 2.26. The molecular formula is C17H22N2O4. The van der Waals surface area contributed by atoms with Crippen LogP contribution in [-0.2, 0) is 9.57 Å². The van der Waals surface area contributed by atoms with Crippen molar-refractivity contribution in [1.82, 2.24) is 10.4 Å². The van der Waals surface area contributed by atoms with Crippen molar-refractivity contribution in [1.29, 1.82) is 0 Å². The largest absolute Gasteiger partial charge is 0.381 e. The molecule has 6 nitrogen and oxygen atoms in total. The second-order valence-corrected chi connectivity index (χ2v) is 6.00.